The third-order valence-corrected chi connectivity index (χ3v) is 6.73. The predicted octanol–water partition coefficient (Wildman–Crippen LogP) is 2.17. The summed E-state index contributed by atoms with van der Waals surface area (Å²) in [6, 6.07) is 9.98. The van der Waals surface area contributed by atoms with Gasteiger partial charge in [-0.1, -0.05) is 23.9 Å². The third kappa shape index (κ3) is 3.97. The van der Waals surface area contributed by atoms with Crippen molar-refractivity contribution in [2.75, 3.05) is 32.8 Å². The van der Waals surface area contributed by atoms with Gasteiger partial charge in [0.25, 0.3) is 0 Å². The first-order valence-corrected chi connectivity index (χ1v) is 11.4. The molecule has 1 saturated carbocycles. The number of benzene rings is 1. The number of rotatable bonds is 7. The Kier molecular flexibility index (Phi) is 5.83. The second-order valence-electron chi connectivity index (χ2n) is 8.66. The van der Waals surface area contributed by atoms with Crippen LogP contribution in [0.3, 0.4) is 0 Å². The lowest BCUT2D eigenvalue weighted by Gasteiger charge is -2.16. The number of aliphatic hydroxyl groups excluding tert-OH is 1. The number of β-amino-alcohol motifs (C(OH)–C–C–N with tert-alkyl or cyclic N) is 1. The van der Waals surface area contributed by atoms with Crippen LogP contribution in [0.4, 0.5) is 0 Å². The molecule has 1 aliphatic carbocycles. The fourth-order valence-electron chi connectivity index (χ4n) is 4.90. The summed E-state index contributed by atoms with van der Waals surface area (Å²) in [5.41, 5.74) is 8.83. The van der Waals surface area contributed by atoms with Crippen LogP contribution in [0.5, 0.6) is 0 Å². The highest BCUT2D eigenvalue weighted by Gasteiger charge is 2.54. The molecule has 1 saturated heterocycles. The van der Waals surface area contributed by atoms with E-state index in [0.29, 0.717) is 24.3 Å². The lowest BCUT2D eigenvalue weighted by Crippen LogP contribution is -2.27. The molecule has 3 aromatic rings. The summed E-state index contributed by atoms with van der Waals surface area (Å²) in [5, 5.41) is 13.4. The summed E-state index contributed by atoms with van der Waals surface area (Å²) in [4.78, 5) is 6.72. The van der Waals surface area contributed by atoms with Gasteiger partial charge in [-0.15, -0.1) is 0 Å². The van der Waals surface area contributed by atoms with Crippen molar-refractivity contribution >= 4 is 0 Å². The molecule has 3 N–H and O–H groups in total. The highest BCUT2D eigenvalue weighted by atomic mass is 16.5. The van der Waals surface area contributed by atoms with Gasteiger partial charge in [0.05, 0.1) is 12.6 Å². The van der Waals surface area contributed by atoms with Crippen LogP contribution >= 0.6 is 0 Å². The molecule has 7 nitrogen and oxygen atoms in total. The van der Waals surface area contributed by atoms with E-state index in [9.17, 15) is 0 Å². The summed E-state index contributed by atoms with van der Waals surface area (Å²) in [6.45, 7) is 5.66. The zero-order valence-corrected chi connectivity index (χ0v) is 18.3. The molecular weight excluding hydrogens is 402 g/mol. The Labute approximate surface area is 188 Å². The second kappa shape index (κ2) is 8.91. The minimum absolute atomic E-state index is 0.0959. The van der Waals surface area contributed by atoms with E-state index < -0.39 is 0 Å². The van der Waals surface area contributed by atoms with Crippen molar-refractivity contribution in [1.82, 2.24) is 19.6 Å². The molecule has 7 heteroatoms. The van der Waals surface area contributed by atoms with Gasteiger partial charge in [-0.05, 0) is 36.1 Å². The van der Waals surface area contributed by atoms with Crippen LogP contribution in [0, 0.1) is 29.6 Å². The number of aliphatic hydroxyl groups is 1. The molecule has 5 rings (SSSR count). The lowest BCUT2D eigenvalue weighted by molar-refractivity contribution is 0.206. The van der Waals surface area contributed by atoms with Crippen molar-refractivity contribution in [3.63, 3.8) is 0 Å². The number of nitrogens with zero attached hydrogens (tertiary/aromatic N) is 4. The number of hydrogen-bond acceptors (Lipinski definition) is 6. The molecule has 0 spiro atoms. The highest BCUT2D eigenvalue weighted by molar-refractivity contribution is 5.59. The van der Waals surface area contributed by atoms with Crippen LogP contribution in [0.2, 0.25) is 0 Å². The zero-order chi connectivity index (χ0) is 22.1. The monoisotopic (exact) mass is 431 g/mol. The molecular formula is C25H29N5O2. The number of hydrogen-bond donors (Lipinski definition) is 2. The van der Waals surface area contributed by atoms with Crippen LogP contribution in [-0.2, 0) is 6.42 Å². The Morgan fingerprint density at radius 2 is 2.03 bits per heavy atom. The first kappa shape index (κ1) is 21.0. The zero-order valence-electron chi connectivity index (χ0n) is 18.3. The molecule has 0 amide bonds. The standard InChI is InChI=1S/C25H29N5O2/c1-2-25-27-9-10-30(25)23(14-26)22-13-24(32-28-22)18-6-3-17(4-7-18)5-8-19-20-15-29(11-12-31)16-21(19)20/h3-4,6-7,9-10,13,19-21,23,31H,2,11-12,14-16,26H2,1H3/t19?,20-,21+,23-/m1/s1. The maximum Gasteiger partial charge on any atom is 0.167 e. The lowest BCUT2D eigenvalue weighted by atomic mass is 10.1. The molecule has 3 heterocycles. The minimum atomic E-state index is -0.0959. The van der Waals surface area contributed by atoms with E-state index in [1.807, 2.05) is 36.5 Å². The molecule has 2 aromatic heterocycles. The maximum atomic E-state index is 9.07. The van der Waals surface area contributed by atoms with Crippen molar-refractivity contribution in [1.29, 1.82) is 0 Å². The van der Waals surface area contributed by atoms with Crippen molar-refractivity contribution < 1.29 is 9.63 Å². The van der Waals surface area contributed by atoms with Crippen molar-refractivity contribution in [2.45, 2.75) is 19.4 Å². The van der Waals surface area contributed by atoms with Crippen LogP contribution in [0.1, 0.15) is 30.0 Å². The fraction of sp³-hybridized carbons (Fsp3) is 0.440. The van der Waals surface area contributed by atoms with Crippen LogP contribution < -0.4 is 5.73 Å². The van der Waals surface area contributed by atoms with E-state index in [2.05, 4.69) is 38.4 Å². The SMILES string of the molecule is CCc1nccn1[C@H](CN)c1cc(-c2ccc(C#CC3[C@H]4CN(CCO)C[C@@H]34)cc2)on1. The van der Waals surface area contributed by atoms with Gasteiger partial charge in [-0.25, -0.2) is 4.98 Å². The van der Waals surface area contributed by atoms with Gasteiger partial charge in [-0.2, -0.15) is 0 Å². The quantitative estimate of drug-likeness (QED) is 0.557. The maximum absolute atomic E-state index is 9.07. The van der Waals surface area contributed by atoms with Gasteiger partial charge in [0, 0.05) is 68.1 Å². The molecule has 2 fully saturated rings. The van der Waals surface area contributed by atoms with Gasteiger partial charge in [0.1, 0.15) is 11.5 Å². The number of nitrogens with two attached hydrogens (primary N) is 1. The molecule has 166 valence electrons. The number of piperidine rings is 1. The number of aromatic nitrogens is 3. The van der Waals surface area contributed by atoms with Gasteiger partial charge >= 0.3 is 0 Å². The van der Waals surface area contributed by atoms with Gasteiger partial charge in [0.2, 0.25) is 0 Å². The largest absolute Gasteiger partial charge is 0.395 e. The molecule has 0 bridgehead atoms. The molecule has 1 aliphatic heterocycles. The Balaban J connectivity index is 1.25. The Morgan fingerprint density at radius 3 is 2.72 bits per heavy atom. The van der Waals surface area contributed by atoms with Gasteiger partial charge < -0.3 is 24.8 Å². The van der Waals surface area contributed by atoms with Gasteiger partial charge in [-0.3, -0.25) is 0 Å². The van der Waals surface area contributed by atoms with E-state index in [4.69, 9.17) is 15.4 Å². The molecule has 0 radical (unpaired) electrons. The summed E-state index contributed by atoms with van der Waals surface area (Å²) in [6.07, 6.45) is 4.57. The summed E-state index contributed by atoms with van der Waals surface area (Å²) < 4.78 is 7.70. The molecule has 1 aromatic carbocycles. The first-order chi connectivity index (χ1) is 15.7. The average Bonchev–Trinajstić information content (AvgIpc) is 3.31. The summed E-state index contributed by atoms with van der Waals surface area (Å²) in [7, 11) is 0. The molecule has 1 unspecified atom stereocenters. The second-order valence-corrected chi connectivity index (χ2v) is 8.66. The van der Waals surface area contributed by atoms with E-state index in [-0.39, 0.29) is 12.6 Å². The normalized spacial score (nSPS) is 22.9. The number of fused-ring (bicyclic) bond motifs is 1. The molecule has 4 atom stereocenters. The number of likely N-dealkylation sites (tertiary alicyclic amines) is 1. The summed E-state index contributed by atoms with van der Waals surface area (Å²) in [5.74, 6) is 10.4. The van der Waals surface area contributed by atoms with Crippen molar-refractivity contribution in [3.05, 3.63) is 59.8 Å². The Morgan fingerprint density at radius 1 is 1.25 bits per heavy atom. The predicted molar refractivity (Wildman–Crippen MR) is 122 cm³/mol. The smallest absolute Gasteiger partial charge is 0.167 e. The minimum Gasteiger partial charge on any atom is -0.395 e. The average molecular weight is 432 g/mol. The first-order valence-electron chi connectivity index (χ1n) is 11.4. The summed E-state index contributed by atoms with van der Waals surface area (Å²) >= 11 is 0. The van der Waals surface area contributed by atoms with Gasteiger partial charge in [0.15, 0.2) is 5.76 Å². The van der Waals surface area contributed by atoms with E-state index >= 15 is 0 Å². The topological polar surface area (TPSA) is 93.3 Å². The van der Waals surface area contributed by atoms with Crippen molar-refractivity contribution in [3.8, 4) is 23.2 Å². The van der Waals surface area contributed by atoms with Crippen LogP contribution in [0.15, 0.2) is 47.2 Å². The molecule has 2 aliphatic rings. The van der Waals surface area contributed by atoms with Crippen molar-refractivity contribution in [2.24, 2.45) is 23.5 Å². The number of imidazole rings is 1. The fourth-order valence-corrected chi connectivity index (χ4v) is 4.90. The van der Waals surface area contributed by atoms with Crippen LogP contribution in [0.25, 0.3) is 11.3 Å². The van der Waals surface area contributed by atoms with E-state index in [1.165, 1.54) is 0 Å². The van der Waals surface area contributed by atoms with E-state index in [1.54, 1.807) is 6.20 Å². The van der Waals surface area contributed by atoms with Crippen LogP contribution in [-0.4, -0.2) is 57.5 Å². The van der Waals surface area contributed by atoms with E-state index in [0.717, 1.165) is 54.5 Å². The molecule has 32 heavy (non-hydrogen) atoms. The third-order valence-electron chi connectivity index (χ3n) is 6.73. The highest BCUT2D eigenvalue weighted by Crippen LogP contribution is 2.51. The Hall–Kier alpha value is -2.92. The number of aryl methyl sites for hydroxylation is 1. The Bertz CT molecular complexity index is 1110.